The van der Waals surface area contributed by atoms with Crippen LogP contribution in [0.1, 0.15) is 51.6 Å². The number of carbonyl (C=O) groups is 3. The molecule has 1 aromatic carbocycles. The Morgan fingerprint density at radius 3 is 2.11 bits per heavy atom. The highest BCUT2D eigenvalue weighted by molar-refractivity contribution is 9.10. The van der Waals surface area contributed by atoms with E-state index in [1.165, 1.54) is 4.90 Å². The van der Waals surface area contributed by atoms with E-state index in [2.05, 4.69) is 21.2 Å². The molecule has 1 heterocycles. The fraction of sp³-hybridized carbons (Fsp3) is 0.500. The fourth-order valence-electron chi connectivity index (χ4n) is 4.05. The van der Waals surface area contributed by atoms with Crippen LogP contribution in [0.5, 0.6) is 0 Å². The first-order valence-electron chi connectivity index (χ1n) is 9.87. The maximum Gasteiger partial charge on any atom is 0.243 e. The molecule has 0 aromatic heterocycles. The van der Waals surface area contributed by atoms with E-state index in [0.29, 0.717) is 19.3 Å². The lowest BCUT2D eigenvalue weighted by atomic mass is 9.85. The quantitative estimate of drug-likeness (QED) is 0.530. The number of fused-ring (bicyclic) bond motifs is 1. The van der Waals surface area contributed by atoms with E-state index in [9.17, 15) is 14.4 Å². The maximum absolute atomic E-state index is 13.1. The van der Waals surface area contributed by atoms with E-state index in [0.717, 1.165) is 10.0 Å². The number of rotatable bonds is 6. The van der Waals surface area contributed by atoms with Crippen molar-refractivity contribution in [3.63, 3.8) is 0 Å². The molecule has 6 heteroatoms. The molecule has 28 heavy (non-hydrogen) atoms. The van der Waals surface area contributed by atoms with Crippen molar-refractivity contribution in [2.75, 3.05) is 0 Å². The minimum absolute atomic E-state index is 0.181. The number of nitrogens with zero attached hydrogens (tertiary/aromatic N) is 1. The van der Waals surface area contributed by atoms with Crippen molar-refractivity contribution in [1.82, 2.24) is 10.2 Å². The summed E-state index contributed by atoms with van der Waals surface area (Å²) in [6.45, 7) is 5.90. The summed E-state index contributed by atoms with van der Waals surface area (Å²) in [4.78, 5) is 40.3. The van der Waals surface area contributed by atoms with Gasteiger partial charge in [0.05, 0.1) is 17.9 Å². The Bertz CT molecular complexity index is 761. The topological polar surface area (TPSA) is 66.5 Å². The highest BCUT2D eigenvalue weighted by Crippen LogP contribution is 2.37. The number of nitrogens with one attached hydrogen (secondary N) is 1. The van der Waals surface area contributed by atoms with Crippen molar-refractivity contribution >= 4 is 33.7 Å². The van der Waals surface area contributed by atoms with E-state index in [1.54, 1.807) is 0 Å². The molecular formula is C22H27BrN2O3. The molecule has 4 atom stereocenters. The van der Waals surface area contributed by atoms with Crippen molar-refractivity contribution in [1.29, 1.82) is 0 Å². The van der Waals surface area contributed by atoms with Crippen LogP contribution in [-0.4, -0.2) is 28.7 Å². The first-order valence-corrected chi connectivity index (χ1v) is 10.7. The minimum atomic E-state index is -0.761. The highest BCUT2D eigenvalue weighted by Gasteiger charge is 2.51. The molecule has 3 amide bonds. The highest BCUT2D eigenvalue weighted by atomic mass is 79.9. The third-order valence-corrected chi connectivity index (χ3v) is 6.11. The zero-order chi connectivity index (χ0) is 20.4. The van der Waals surface area contributed by atoms with Crippen molar-refractivity contribution < 1.29 is 14.4 Å². The molecular weight excluding hydrogens is 420 g/mol. The standard InChI is InChI=1S/C22H27BrN2O3/c1-13(2)12-19(20(26)24-14(3)15-8-10-16(23)11-9-15)25-21(27)17-6-4-5-7-18(17)22(25)28/h4-5,8-11,13-14,17-19H,6-7,12H2,1-3H3,(H,24,26). The average Bonchev–Trinajstić information content (AvgIpc) is 2.91. The van der Waals surface area contributed by atoms with Crippen molar-refractivity contribution in [2.24, 2.45) is 17.8 Å². The van der Waals surface area contributed by atoms with Crippen molar-refractivity contribution in [3.8, 4) is 0 Å². The van der Waals surface area contributed by atoms with Gasteiger partial charge < -0.3 is 5.32 Å². The molecule has 4 unspecified atom stereocenters. The predicted molar refractivity (Wildman–Crippen MR) is 111 cm³/mol. The predicted octanol–water partition coefficient (Wildman–Crippen LogP) is 3.99. The van der Waals surface area contributed by atoms with Gasteiger partial charge >= 0.3 is 0 Å². The third kappa shape index (κ3) is 4.22. The number of hydrogen-bond donors (Lipinski definition) is 1. The van der Waals surface area contributed by atoms with Gasteiger partial charge in [0.1, 0.15) is 6.04 Å². The largest absolute Gasteiger partial charge is 0.348 e. The monoisotopic (exact) mass is 446 g/mol. The Morgan fingerprint density at radius 1 is 1.07 bits per heavy atom. The van der Waals surface area contributed by atoms with Crippen molar-refractivity contribution in [2.45, 2.75) is 52.1 Å². The molecule has 1 N–H and O–H groups in total. The molecule has 0 radical (unpaired) electrons. The fourth-order valence-corrected chi connectivity index (χ4v) is 4.32. The molecule has 0 saturated carbocycles. The maximum atomic E-state index is 13.1. The number of amides is 3. The van der Waals surface area contributed by atoms with Gasteiger partial charge in [-0.15, -0.1) is 0 Å². The molecule has 150 valence electrons. The van der Waals surface area contributed by atoms with E-state index in [4.69, 9.17) is 0 Å². The average molecular weight is 447 g/mol. The molecule has 1 saturated heterocycles. The summed E-state index contributed by atoms with van der Waals surface area (Å²) < 4.78 is 0.969. The minimum Gasteiger partial charge on any atom is -0.348 e. The van der Waals surface area contributed by atoms with Gasteiger partial charge in [-0.1, -0.05) is 54.1 Å². The normalized spacial score (nSPS) is 23.7. The van der Waals surface area contributed by atoms with Crippen LogP contribution in [0.4, 0.5) is 0 Å². The van der Waals surface area contributed by atoms with Crippen LogP contribution in [0.3, 0.4) is 0 Å². The van der Waals surface area contributed by atoms with E-state index in [1.807, 2.05) is 57.2 Å². The Balaban J connectivity index is 1.79. The van der Waals surface area contributed by atoms with E-state index in [-0.39, 0.29) is 41.5 Å². The summed E-state index contributed by atoms with van der Waals surface area (Å²) in [5, 5.41) is 3.00. The number of allylic oxidation sites excluding steroid dienone is 2. The number of likely N-dealkylation sites (tertiary alicyclic amines) is 1. The molecule has 1 aliphatic heterocycles. The second-order valence-electron chi connectivity index (χ2n) is 8.13. The molecule has 1 aromatic rings. The summed E-state index contributed by atoms with van der Waals surface area (Å²) in [6.07, 6.45) is 5.54. The number of carbonyl (C=O) groups excluding carboxylic acids is 3. The zero-order valence-corrected chi connectivity index (χ0v) is 18.1. The van der Waals surface area contributed by atoms with E-state index < -0.39 is 6.04 Å². The molecule has 1 aliphatic carbocycles. The molecule has 0 bridgehead atoms. The molecule has 3 rings (SSSR count). The number of hydrogen-bond acceptors (Lipinski definition) is 3. The van der Waals surface area contributed by atoms with E-state index >= 15 is 0 Å². The lowest BCUT2D eigenvalue weighted by Gasteiger charge is -2.28. The van der Waals surface area contributed by atoms with Crippen LogP contribution in [-0.2, 0) is 14.4 Å². The van der Waals surface area contributed by atoms with Gasteiger partial charge in [-0.2, -0.15) is 0 Å². The smallest absolute Gasteiger partial charge is 0.243 e. The first kappa shape index (κ1) is 20.8. The van der Waals surface area contributed by atoms with Crippen molar-refractivity contribution in [3.05, 3.63) is 46.5 Å². The van der Waals surface area contributed by atoms with Crippen LogP contribution in [0.25, 0.3) is 0 Å². The number of halogens is 1. The Labute approximate surface area is 174 Å². The molecule has 5 nitrogen and oxygen atoms in total. The SMILES string of the molecule is CC(C)CC(C(=O)NC(C)c1ccc(Br)cc1)N1C(=O)C2CC=CCC2C1=O. The number of benzene rings is 1. The van der Waals surface area contributed by atoms with Gasteiger partial charge in [0, 0.05) is 4.47 Å². The third-order valence-electron chi connectivity index (χ3n) is 5.58. The Kier molecular flexibility index (Phi) is 6.38. The summed E-state index contributed by atoms with van der Waals surface area (Å²) >= 11 is 3.41. The van der Waals surface area contributed by atoms with Crippen LogP contribution < -0.4 is 5.32 Å². The summed E-state index contributed by atoms with van der Waals surface area (Å²) in [5.74, 6) is -1.11. The van der Waals surface area contributed by atoms with Gasteiger partial charge in [0.2, 0.25) is 17.7 Å². The van der Waals surface area contributed by atoms with Crippen LogP contribution in [0, 0.1) is 17.8 Å². The van der Waals surface area contributed by atoms with Gasteiger partial charge in [-0.25, -0.2) is 0 Å². The molecule has 1 fully saturated rings. The molecule has 2 aliphatic rings. The van der Waals surface area contributed by atoms with Gasteiger partial charge in [0.15, 0.2) is 0 Å². The van der Waals surface area contributed by atoms with Gasteiger partial charge in [-0.3, -0.25) is 19.3 Å². The van der Waals surface area contributed by atoms with Crippen LogP contribution in [0.2, 0.25) is 0 Å². The second-order valence-corrected chi connectivity index (χ2v) is 9.05. The lowest BCUT2D eigenvalue weighted by Crippen LogP contribution is -2.51. The number of imide groups is 1. The van der Waals surface area contributed by atoms with Gasteiger partial charge in [-0.05, 0) is 49.8 Å². The zero-order valence-electron chi connectivity index (χ0n) is 16.5. The summed E-state index contributed by atoms with van der Waals surface area (Å²) in [7, 11) is 0. The molecule has 0 spiro atoms. The lowest BCUT2D eigenvalue weighted by molar-refractivity contribution is -0.148. The Morgan fingerprint density at radius 2 is 1.61 bits per heavy atom. The first-order chi connectivity index (χ1) is 13.3. The van der Waals surface area contributed by atoms with Crippen LogP contribution in [0.15, 0.2) is 40.9 Å². The summed E-state index contributed by atoms with van der Waals surface area (Å²) in [6, 6.07) is 6.76. The second kappa shape index (κ2) is 8.60. The summed E-state index contributed by atoms with van der Waals surface area (Å²) in [5.41, 5.74) is 0.969. The van der Waals surface area contributed by atoms with Crippen LogP contribution >= 0.6 is 15.9 Å². The van der Waals surface area contributed by atoms with Gasteiger partial charge in [0.25, 0.3) is 0 Å². The Hall–Kier alpha value is -1.95.